The molecule has 0 radical (unpaired) electrons. The number of urea groups is 1. The number of hydrogen-bond donors (Lipinski definition) is 3. The van der Waals surface area contributed by atoms with E-state index < -0.39 is 6.03 Å². The molecule has 4 N–H and O–H groups in total. The van der Waals surface area contributed by atoms with Crippen LogP contribution in [-0.2, 0) is 6.54 Å². The van der Waals surface area contributed by atoms with Crippen molar-refractivity contribution in [1.82, 2.24) is 5.32 Å². The van der Waals surface area contributed by atoms with Gasteiger partial charge in [-0.3, -0.25) is 4.79 Å². The van der Waals surface area contributed by atoms with E-state index in [0.29, 0.717) is 17.8 Å². The van der Waals surface area contributed by atoms with Gasteiger partial charge in [-0.15, -0.1) is 0 Å². The smallest absolute Gasteiger partial charge is 0.316 e. The van der Waals surface area contributed by atoms with Gasteiger partial charge in [0.25, 0.3) is 5.91 Å². The van der Waals surface area contributed by atoms with Crippen molar-refractivity contribution in [2.75, 3.05) is 24.3 Å². The number of benzene rings is 2. The lowest BCUT2D eigenvalue weighted by Gasteiger charge is -2.13. The first kappa shape index (κ1) is 16.4. The minimum atomic E-state index is -0.663. The Bertz CT molecular complexity index is 696. The summed E-state index contributed by atoms with van der Waals surface area (Å²) in [5.41, 5.74) is 8.12. The van der Waals surface area contributed by atoms with E-state index in [-0.39, 0.29) is 5.91 Å². The zero-order valence-corrected chi connectivity index (χ0v) is 13.2. The van der Waals surface area contributed by atoms with Crippen LogP contribution in [-0.4, -0.2) is 26.0 Å². The number of nitrogens with zero attached hydrogens (tertiary/aromatic N) is 1. The van der Waals surface area contributed by atoms with Crippen molar-refractivity contribution in [3.8, 4) is 0 Å². The number of hydrogen-bond acceptors (Lipinski definition) is 3. The first-order valence-corrected chi connectivity index (χ1v) is 7.16. The molecule has 0 heterocycles. The predicted molar refractivity (Wildman–Crippen MR) is 91.6 cm³/mol. The summed E-state index contributed by atoms with van der Waals surface area (Å²) < 4.78 is 0. The van der Waals surface area contributed by atoms with Crippen LogP contribution in [0.4, 0.5) is 16.2 Å². The summed E-state index contributed by atoms with van der Waals surface area (Å²) in [6.45, 7) is 0.431. The Labute approximate surface area is 135 Å². The molecule has 120 valence electrons. The number of nitrogens with one attached hydrogen (secondary N) is 2. The van der Waals surface area contributed by atoms with Crippen molar-refractivity contribution >= 4 is 23.3 Å². The lowest BCUT2D eigenvalue weighted by atomic mass is 10.1. The van der Waals surface area contributed by atoms with Crippen LogP contribution in [0, 0.1) is 0 Å². The third-order valence-electron chi connectivity index (χ3n) is 3.30. The van der Waals surface area contributed by atoms with Crippen LogP contribution >= 0.6 is 0 Å². The number of amides is 3. The monoisotopic (exact) mass is 312 g/mol. The number of rotatable bonds is 5. The van der Waals surface area contributed by atoms with Crippen LogP contribution in [0.15, 0.2) is 48.5 Å². The second-order valence-corrected chi connectivity index (χ2v) is 5.31. The van der Waals surface area contributed by atoms with E-state index in [1.807, 2.05) is 43.3 Å². The molecule has 2 aromatic carbocycles. The molecular weight excluding hydrogens is 292 g/mol. The van der Waals surface area contributed by atoms with Crippen molar-refractivity contribution in [2.45, 2.75) is 6.54 Å². The Morgan fingerprint density at radius 3 is 2.39 bits per heavy atom. The summed E-state index contributed by atoms with van der Waals surface area (Å²) in [6, 6.07) is 13.9. The largest absolute Gasteiger partial charge is 0.378 e. The Kier molecular flexibility index (Phi) is 5.19. The molecule has 23 heavy (non-hydrogen) atoms. The Morgan fingerprint density at radius 2 is 1.78 bits per heavy atom. The van der Waals surface area contributed by atoms with Crippen LogP contribution in [0.2, 0.25) is 0 Å². The third kappa shape index (κ3) is 4.74. The second-order valence-electron chi connectivity index (χ2n) is 5.31. The van der Waals surface area contributed by atoms with Crippen molar-refractivity contribution < 1.29 is 9.59 Å². The molecule has 0 fully saturated rings. The molecule has 2 rings (SSSR count). The Morgan fingerprint density at radius 1 is 1.09 bits per heavy atom. The molecular formula is C17H20N4O2. The van der Waals surface area contributed by atoms with Gasteiger partial charge in [0.1, 0.15) is 0 Å². The number of carbonyl (C=O) groups is 2. The van der Waals surface area contributed by atoms with Gasteiger partial charge in [0.2, 0.25) is 0 Å². The van der Waals surface area contributed by atoms with Gasteiger partial charge >= 0.3 is 6.03 Å². The number of carbonyl (C=O) groups excluding carboxylic acids is 2. The number of anilines is 2. The minimum absolute atomic E-state index is 0.213. The molecule has 3 amide bonds. The molecule has 0 unspecified atom stereocenters. The quantitative estimate of drug-likeness (QED) is 0.790. The molecule has 2 aromatic rings. The highest BCUT2D eigenvalue weighted by Crippen LogP contribution is 2.13. The highest BCUT2D eigenvalue weighted by atomic mass is 16.2. The SMILES string of the molecule is CN(C)c1ccc(CNC(=O)c2cccc(NC(N)=O)c2)cc1. The molecule has 0 spiro atoms. The summed E-state index contributed by atoms with van der Waals surface area (Å²) in [5, 5.41) is 5.29. The molecule has 0 saturated heterocycles. The van der Waals surface area contributed by atoms with Crippen LogP contribution in [0.5, 0.6) is 0 Å². The average molecular weight is 312 g/mol. The fraction of sp³-hybridized carbons (Fsp3) is 0.176. The van der Waals surface area contributed by atoms with E-state index in [9.17, 15) is 9.59 Å². The Hall–Kier alpha value is -3.02. The zero-order chi connectivity index (χ0) is 16.8. The molecule has 0 aliphatic carbocycles. The zero-order valence-electron chi connectivity index (χ0n) is 13.2. The first-order valence-electron chi connectivity index (χ1n) is 7.16. The second kappa shape index (κ2) is 7.31. The van der Waals surface area contributed by atoms with E-state index in [1.54, 1.807) is 24.3 Å². The Balaban J connectivity index is 1.97. The minimum Gasteiger partial charge on any atom is -0.378 e. The lowest BCUT2D eigenvalue weighted by molar-refractivity contribution is 0.0951. The maximum absolute atomic E-state index is 12.2. The molecule has 0 aliphatic rings. The predicted octanol–water partition coefficient (Wildman–Crippen LogP) is 2.17. The molecule has 0 bridgehead atoms. The maximum Gasteiger partial charge on any atom is 0.316 e. The van der Waals surface area contributed by atoms with E-state index in [4.69, 9.17) is 5.73 Å². The van der Waals surface area contributed by atoms with Crippen molar-refractivity contribution in [3.63, 3.8) is 0 Å². The van der Waals surface area contributed by atoms with Gasteiger partial charge in [0, 0.05) is 37.6 Å². The summed E-state index contributed by atoms with van der Waals surface area (Å²) in [4.78, 5) is 25.0. The third-order valence-corrected chi connectivity index (χ3v) is 3.30. The fourth-order valence-electron chi connectivity index (χ4n) is 2.08. The van der Waals surface area contributed by atoms with Gasteiger partial charge in [-0.2, -0.15) is 0 Å². The van der Waals surface area contributed by atoms with Crippen LogP contribution in [0.3, 0.4) is 0 Å². The highest BCUT2D eigenvalue weighted by Gasteiger charge is 2.07. The van der Waals surface area contributed by atoms with Gasteiger partial charge in [0.05, 0.1) is 0 Å². The van der Waals surface area contributed by atoms with Crippen molar-refractivity contribution in [1.29, 1.82) is 0 Å². The topological polar surface area (TPSA) is 87.5 Å². The van der Waals surface area contributed by atoms with E-state index in [0.717, 1.165) is 11.3 Å². The summed E-state index contributed by atoms with van der Waals surface area (Å²) in [5.74, 6) is -0.213. The molecule has 6 nitrogen and oxygen atoms in total. The number of nitrogens with two attached hydrogens (primary N) is 1. The van der Waals surface area contributed by atoms with Gasteiger partial charge < -0.3 is 21.3 Å². The van der Waals surface area contributed by atoms with Crippen molar-refractivity contribution in [2.24, 2.45) is 5.73 Å². The van der Waals surface area contributed by atoms with Gasteiger partial charge in [-0.1, -0.05) is 18.2 Å². The van der Waals surface area contributed by atoms with Gasteiger partial charge in [-0.25, -0.2) is 4.79 Å². The van der Waals surface area contributed by atoms with Crippen LogP contribution in [0.1, 0.15) is 15.9 Å². The molecule has 0 atom stereocenters. The highest BCUT2D eigenvalue weighted by molar-refractivity contribution is 5.96. The molecule has 6 heteroatoms. The fourth-order valence-corrected chi connectivity index (χ4v) is 2.08. The molecule has 0 aliphatic heterocycles. The molecule has 0 aromatic heterocycles. The van der Waals surface area contributed by atoms with Gasteiger partial charge in [0.15, 0.2) is 0 Å². The normalized spacial score (nSPS) is 10.0. The summed E-state index contributed by atoms with van der Waals surface area (Å²) in [7, 11) is 3.95. The average Bonchev–Trinajstić information content (AvgIpc) is 2.52. The van der Waals surface area contributed by atoms with E-state index in [1.165, 1.54) is 0 Å². The van der Waals surface area contributed by atoms with Gasteiger partial charge in [-0.05, 0) is 35.9 Å². The first-order chi connectivity index (χ1) is 11.0. The number of primary amides is 1. The lowest BCUT2D eigenvalue weighted by Crippen LogP contribution is -2.23. The van der Waals surface area contributed by atoms with Crippen LogP contribution in [0.25, 0.3) is 0 Å². The molecule has 0 saturated carbocycles. The summed E-state index contributed by atoms with van der Waals surface area (Å²) in [6.07, 6.45) is 0. The summed E-state index contributed by atoms with van der Waals surface area (Å²) >= 11 is 0. The standard InChI is InChI=1S/C17H20N4O2/c1-21(2)15-8-6-12(7-9-15)11-19-16(22)13-4-3-5-14(10-13)20-17(18)23/h3-10H,11H2,1-2H3,(H,19,22)(H3,18,20,23). The van der Waals surface area contributed by atoms with E-state index >= 15 is 0 Å². The maximum atomic E-state index is 12.2. The van der Waals surface area contributed by atoms with Crippen molar-refractivity contribution in [3.05, 3.63) is 59.7 Å². The van der Waals surface area contributed by atoms with E-state index in [2.05, 4.69) is 10.6 Å². The van der Waals surface area contributed by atoms with Crippen LogP contribution < -0.4 is 21.3 Å².